The van der Waals surface area contributed by atoms with Crippen LogP contribution in [0.2, 0.25) is 0 Å². The molecule has 0 amide bonds. The number of rotatable bonds is 2. The van der Waals surface area contributed by atoms with Gasteiger partial charge in [-0.2, -0.15) is 0 Å². The maximum absolute atomic E-state index is 11.2. The summed E-state index contributed by atoms with van der Waals surface area (Å²) >= 11 is 0. The lowest BCUT2D eigenvalue weighted by atomic mass is 10.00. The van der Waals surface area contributed by atoms with E-state index in [9.17, 15) is 4.79 Å². The number of nitrogens with two attached hydrogens (primary N) is 1. The Kier molecular flexibility index (Phi) is 2.72. The minimum Gasteiger partial charge on any atom is -0.373 e. The molecule has 0 radical (unpaired) electrons. The Balaban J connectivity index is 1.91. The number of aromatic nitrogens is 2. The van der Waals surface area contributed by atoms with Crippen LogP contribution in [0.3, 0.4) is 0 Å². The molecule has 4 N–H and O–H groups in total. The second-order valence-corrected chi connectivity index (χ2v) is 4.97. The van der Waals surface area contributed by atoms with Crippen LogP contribution >= 0.6 is 0 Å². The van der Waals surface area contributed by atoms with Crippen LogP contribution < -0.4 is 11.4 Å². The van der Waals surface area contributed by atoms with Gasteiger partial charge in [-0.3, -0.25) is 0 Å². The maximum Gasteiger partial charge on any atom is 0.323 e. The highest BCUT2D eigenvalue weighted by molar-refractivity contribution is 5.75. The van der Waals surface area contributed by atoms with E-state index >= 15 is 0 Å². The van der Waals surface area contributed by atoms with E-state index in [0.717, 1.165) is 29.4 Å². The van der Waals surface area contributed by atoms with Crippen LogP contribution in [0.1, 0.15) is 31.4 Å². The molecule has 0 bridgehead atoms. The predicted molar refractivity (Wildman–Crippen MR) is 69.4 cm³/mol. The third-order valence-electron chi connectivity index (χ3n) is 3.59. The van der Waals surface area contributed by atoms with E-state index in [1.807, 2.05) is 18.2 Å². The third kappa shape index (κ3) is 1.95. The first-order valence-electron chi connectivity index (χ1n) is 6.26. The normalized spacial score (nSPS) is 25.7. The molecule has 0 aliphatic carbocycles. The summed E-state index contributed by atoms with van der Waals surface area (Å²) in [5.74, 6) is 0. The molecule has 96 valence electrons. The lowest BCUT2D eigenvalue weighted by Gasteiger charge is -2.19. The summed E-state index contributed by atoms with van der Waals surface area (Å²) in [6.45, 7) is 2.07. The van der Waals surface area contributed by atoms with Gasteiger partial charge in [-0.15, -0.1) is 0 Å². The number of imidazole rings is 1. The second-order valence-electron chi connectivity index (χ2n) is 4.97. The standard InChI is InChI=1S/C13H17N3O2/c1-7-2-5-11(18-7)12(14)8-3-4-9-10(6-8)16-13(17)15-9/h3-4,6-7,11-12H,2,5,14H2,1H3,(H2,15,16,17). The van der Waals surface area contributed by atoms with Crippen molar-refractivity contribution in [3.63, 3.8) is 0 Å². The van der Waals surface area contributed by atoms with E-state index in [1.165, 1.54) is 0 Å². The van der Waals surface area contributed by atoms with Crippen LogP contribution in [-0.2, 0) is 4.74 Å². The van der Waals surface area contributed by atoms with Gasteiger partial charge < -0.3 is 20.4 Å². The van der Waals surface area contributed by atoms with Gasteiger partial charge in [-0.05, 0) is 37.5 Å². The second kappa shape index (κ2) is 4.26. The van der Waals surface area contributed by atoms with Gasteiger partial charge in [0.15, 0.2) is 0 Å². The zero-order valence-electron chi connectivity index (χ0n) is 10.3. The first kappa shape index (κ1) is 11.5. The number of ether oxygens (including phenoxy) is 1. The monoisotopic (exact) mass is 247 g/mol. The van der Waals surface area contributed by atoms with Gasteiger partial charge in [-0.25, -0.2) is 4.79 Å². The highest BCUT2D eigenvalue weighted by Gasteiger charge is 2.28. The van der Waals surface area contributed by atoms with Gasteiger partial charge in [0.05, 0.1) is 29.3 Å². The van der Waals surface area contributed by atoms with Crippen molar-refractivity contribution >= 4 is 11.0 Å². The summed E-state index contributed by atoms with van der Waals surface area (Å²) in [6, 6.07) is 5.60. The third-order valence-corrected chi connectivity index (χ3v) is 3.59. The van der Waals surface area contributed by atoms with Crippen LogP contribution in [0.5, 0.6) is 0 Å². The van der Waals surface area contributed by atoms with E-state index in [4.69, 9.17) is 10.5 Å². The number of aromatic amines is 2. The molecule has 2 heterocycles. The predicted octanol–water partition coefficient (Wildman–Crippen LogP) is 1.42. The molecule has 3 atom stereocenters. The molecule has 0 saturated carbocycles. The molecular formula is C13H17N3O2. The van der Waals surface area contributed by atoms with Crippen molar-refractivity contribution in [2.24, 2.45) is 5.73 Å². The first-order valence-corrected chi connectivity index (χ1v) is 6.26. The van der Waals surface area contributed by atoms with Crippen LogP contribution in [0, 0.1) is 0 Å². The lowest BCUT2D eigenvalue weighted by Crippen LogP contribution is -2.26. The Labute approximate surface area is 104 Å². The zero-order valence-corrected chi connectivity index (χ0v) is 10.3. The molecular weight excluding hydrogens is 230 g/mol. The number of fused-ring (bicyclic) bond motifs is 1. The van der Waals surface area contributed by atoms with E-state index in [2.05, 4.69) is 16.9 Å². The van der Waals surface area contributed by atoms with Crippen molar-refractivity contribution in [3.8, 4) is 0 Å². The smallest absolute Gasteiger partial charge is 0.323 e. The molecule has 1 aliphatic rings. The van der Waals surface area contributed by atoms with Gasteiger partial charge in [-0.1, -0.05) is 6.07 Å². The summed E-state index contributed by atoms with van der Waals surface area (Å²) < 4.78 is 5.79. The Morgan fingerprint density at radius 2 is 2.11 bits per heavy atom. The lowest BCUT2D eigenvalue weighted by molar-refractivity contribution is 0.0401. The first-order chi connectivity index (χ1) is 8.63. The van der Waals surface area contributed by atoms with E-state index in [1.54, 1.807) is 0 Å². The van der Waals surface area contributed by atoms with E-state index in [0.29, 0.717) is 0 Å². The highest BCUT2D eigenvalue weighted by atomic mass is 16.5. The Morgan fingerprint density at radius 1 is 1.33 bits per heavy atom. The minimum absolute atomic E-state index is 0.0723. The number of H-pyrrole nitrogens is 2. The molecule has 18 heavy (non-hydrogen) atoms. The molecule has 2 aromatic rings. The van der Waals surface area contributed by atoms with E-state index in [-0.39, 0.29) is 23.9 Å². The quantitative estimate of drug-likeness (QED) is 0.750. The molecule has 1 aromatic heterocycles. The molecule has 0 spiro atoms. The van der Waals surface area contributed by atoms with Crippen molar-refractivity contribution in [2.45, 2.75) is 38.0 Å². The van der Waals surface area contributed by atoms with Crippen molar-refractivity contribution in [1.29, 1.82) is 0 Å². The number of nitrogens with one attached hydrogen (secondary N) is 2. The molecule has 1 aromatic carbocycles. The fourth-order valence-electron chi connectivity index (χ4n) is 2.57. The minimum atomic E-state index is -0.193. The Hall–Kier alpha value is -1.59. The van der Waals surface area contributed by atoms with Crippen molar-refractivity contribution < 1.29 is 4.74 Å². The number of hydrogen-bond donors (Lipinski definition) is 3. The number of benzene rings is 1. The molecule has 1 aliphatic heterocycles. The molecule has 5 nitrogen and oxygen atoms in total. The van der Waals surface area contributed by atoms with Crippen LogP contribution in [0.15, 0.2) is 23.0 Å². The highest BCUT2D eigenvalue weighted by Crippen LogP contribution is 2.29. The average molecular weight is 247 g/mol. The van der Waals surface area contributed by atoms with Gasteiger partial charge >= 0.3 is 5.69 Å². The van der Waals surface area contributed by atoms with Crippen molar-refractivity contribution in [2.75, 3.05) is 0 Å². The fourth-order valence-corrected chi connectivity index (χ4v) is 2.57. The maximum atomic E-state index is 11.2. The molecule has 1 saturated heterocycles. The van der Waals surface area contributed by atoms with Crippen molar-refractivity contribution in [3.05, 3.63) is 34.2 Å². The molecule has 3 unspecified atom stereocenters. The average Bonchev–Trinajstić information content (AvgIpc) is 2.92. The van der Waals surface area contributed by atoms with Crippen LogP contribution in [-0.4, -0.2) is 22.2 Å². The van der Waals surface area contributed by atoms with Crippen LogP contribution in [0.4, 0.5) is 0 Å². The van der Waals surface area contributed by atoms with Gasteiger partial charge in [0.25, 0.3) is 0 Å². The zero-order chi connectivity index (χ0) is 12.7. The van der Waals surface area contributed by atoms with Crippen molar-refractivity contribution in [1.82, 2.24) is 9.97 Å². The summed E-state index contributed by atoms with van der Waals surface area (Å²) in [5, 5.41) is 0. The molecule has 5 heteroatoms. The number of hydrogen-bond acceptors (Lipinski definition) is 3. The summed E-state index contributed by atoms with van der Waals surface area (Å²) in [4.78, 5) is 16.7. The fraction of sp³-hybridized carbons (Fsp3) is 0.462. The van der Waals surface area contributed by atoms with Crippen LogP contribution in [0.25, 0.3) is 11.0 Å². The Bertz CT molecular complexity index is 616. The van der Waals surface area contributed by atoms with Gasteiger partial charge in [0.1, 0.15) is 0 Å². The van der Waals surface area contributed by atoms with Gasteiger partial charge in [0.2, 0.25) is 0 Å². The topological polar surface area (TPSA) is 83.9 Å². The van der Waals surface area contributed by atoms with E-state index < -0.39 is 0 Å². The molecule has 1 fully saturated rings. The summed E-state index contributed by atoms with van der Waals surface area (Å²) in [7, 11) is 0. The summed E-state index contributed by atoms with van der Waals surface area (Å²) in [6.07, 6.45) is 2.41. The van der Waals surface area contributed by atoms with Gasteiger partial charge in [0, 0.05) is 0 Å². The molecule has 3 rings (SSSR count). The largest absolute Gasteiger partial charge is 0.373 e. The Morgan fingerprint density at radius 3 is 2.83 bits per heavy atom. The summed E-state index contributed by atoms with van der Waals surface area (Å²) in [5.41, 5.74) is 8.63. The SMILES string of the molecule is CC1CCC(C(N)c2ccc3[nH]c(=O)[nH]c3c2)O1.